The molecule has 1 aliphatic rings. The smallest absolute Gasteiger partial charge is 0.293 e. The first-order valence-corrected chi connectivity index (χ1v) is 7.01. The second-order valence-electron chi connectivity index (χ2n) is 4.92. The van der Waals surface area contributed by atoms with Crippen molar-refractivity contribution in [2.45, 2.75) is 0 Å². The molecule has 23 heavy (non-hydrogen) atoms. The fourth-order valence-corrected chi connectivity index (χ4v) is 2.37. The van der Waals surface area contributed by atoms with E-state index in [1.165, 1.54) is 6.39 Å². The number of oxazole rings is 1. The summed E-state index contributed by atoms with van der Waals surface area (Å²) in [6.07, 6.45) is 1.26. The van der Waals surface area contributed by atoms with Crippen molar-refractivity contribution in [1.82, 2.24) is 4.98 Å². The van der Waals surface area contributed by atoms with Crippen molar-refractivity contribution in [3.8, 4) is 22.8 Å². The van der Waals surface area contributed by atoms with E-state index in [-0.39, 0.29) is 18.5 Å². The number of nitrogens with one attached hydrogen (secondary N) is 1. The highest BCUT2D eigenvalue weighted by Crippen LogP contribution is 2.34. The van der Waals surface area contributed by atoms with Gasteiger partial charge in [-0.15, -0.1) is 0 Å². The van der Waals surface area contributed by atoms with Crippen LogP contribution in [0.5, 0.6) is 11.5 Å². The molecule has 6 nitrogen and oxygen atoms in total. The third kappa shape index (κ3) is 2.50. The number of aromatic nitrogens is 1. The minimum atomic E-state index is -0.375. The second kappa shape index (κ2) is 5.49. The zero-order valence-corrected chi connectivity index (χ0v) is 12.0. The maximum atomic E-state index is 12.5. The number of anilines is 1. The molecule has 0 bridgehead atoms. The molecular weight excluding hydrogens is 296 g/mol. The van der Waals surface area contributed by atoms with Crippen LogP contribution >= 0.6 is 0 Å². The van der Waals surface area contributed by atoms with Crippen molar-refractivity contribution in [2.75, 3.05) is 12.1 Å². The molecule has 0 fully saturated rings. The Morgan fingerprint density at radius 1 is 1.04 bits per heavy atom. The summed E-state index contributed by atoms with van der Waals surface area (Å²) in [6.45, 7) is 0.187. The van der Waals surface area contributed by atoms with Gasteiger partial charge in [0.15, 0.2) is 17.9 Å². The highest BCUT2D eigenvalue weighted by atomic mass is 16.7. The van der Waals surface area contributed by atoms with Crippen molar-refractivity contribution in [3.63, 3.8) is 0 Å². The third-order valence-corrected chi connectivity index (χ3v) is 3.45. The lowest BCUT2D eigenvalue weighted by molar-refractivity contribution is 0.0997. The van der Waals surface area contributed by atoms with Gasteiger partial charge in [0.2, 0.25) is 12.6 Å². The van der Waals surface area contributed by atoms with Crippen LogP contribution in [0.2, 0.25) is 0 Å². The Morgan fingerprint density at radius 3 is 2.74 bits per heavy atom. The summed E-state index contributed by atoms with van der Waals surface area (Å²) in [5, 5.41) is 2.78. The predicted molar refractivity (Wildman–Crippen MR) is 82.5 cm³/mol. The van der Waals surface area contributed by atoms with Crippen LogP contribution in [0.4, 0.5) is 5.69 Å². The number of hydrogen-bond donors (Lipinski definition) is 1. The summed E-state index contributed by atoms with van der Waals surface area (Å²) in [5.41, 5.74) is 1.91. The maximum Gasteiger partial charge on any atom is 0.293 e. The molecule has 2 aromatic carbocycles. The number of amides is 1. The molecule has 6 heteroatoms. The topological polar surface area (TPSA) is 73.6 Å². The standard InChI is InChI=1S/C17H12N2O4/c20-17(19-12-6-7-13-14(8-12)23-10-22-13)16-15(18-9-21-16)11-4-2-1-3-5-11/h1-9H,10H2,(H,19,20). The molecule has 0 spiro atoms. The van der Waals surface area contributed by atoms with Crippen molar-refractivity contribution in [2.24, 2.45) is 0 Å². The van der Waals surface area contributed by atoms with Crippen LogP contribution < -0.4 is 14.8 Å². The highest BCUT2D eigenvalue weighted by molar-refractivity contribution is 6.06. The van der Waals surface area contributed by atoms with Gasteiger partial charge in [0.25, 0.3) is 5.91 Å². The monoisotopic (exact) mass is 308 g/mol. The molecule has 0 unspecified atom stereocenters. The minimum absolute atomic E-state index is 0.161. The largest absolute Gasteiger partial charge is 0.454 e. The van der Waals surface area contributed by atoms with Crippen LogP contribution in [0.15, 0.2) is 59.3 Å². The van der Waals surface area contributed by atoms with Crippen LogP contribution in [0, 0.1) is 0 Å². The van der Waals surface area contributed by atoms with Gasteiger partial charge in [-0.3, -0.25) is 4.79 Å². The molecule has 114 valence electrons. The number of ether oxygens (including phenoxy) is 2. The fourth-order valence-electron chi connectivity index (χ4n) is 2.37. The van der Waals surface area contributed by atoms with E-state index >= 15 is 0 Å². The normalized spacial score (nSPS) is 12.2. The Bertz CT molecular complexity index is 858. The van der Waals surface area contributed by atoms with Gasteiger partial charge in [-0.1, -0.05) is 30.3 Å². The number of fused-ring (bicyclic) bond motifs is 1. The molecule has 1 aliphatic heterocycles. The fraction of sp³-hybridized carbons (Fsp3) is 0.0588. The van der Waals surface area contributed by atoms with E-state index in [9.17, 15) is 4.79 Å². The van der Waals surface area contributed by atoms with Gasteiger partial charge in [0, 0.05) is 17.3 Å². The van der Waals surface area contributed by atoms with E-state index < -0.39 is 0 Å². The van der Waals surface area contributed by atoms with Gasteiger partial charge < -0.3 is 19.2 Å². The van der Waals surface area contributed by atoms with Gasteiger partial charge in [0.1, 0.15) is 5.69 Å². The number of benzene rings is 2. The highest BCUT2D eigenvalue weighted by Gasteiger charge is 2.20. The number of hydrogen-bond acceptors (Lipinski definition) is 5. The van der Waals surface area contributed by atoms with E-state index in [4.69, 9.17) is 13.9 Å². The first kappa shape index (κ1) is 13.4. The summed E-state index contributed by atoms with van der Waals surface area (Å²) < 4.78 is 15.8. The molecule has 3 aromatic rings. The van der Waals surface area contributed by atoms with Gasteiger partial charge in [-0.25, -0.2) is 4.98 Å². The Labute approximate surface area is 131 Å². The van der Waals surface area contributed by atoms with E-state index in [0.717, 1.165) is 5.56 Å². The second-order valence-corrected chi connectivity index (χ2v) is 4.92. The molecular formula is C17H12N2O4. The van der Waals surface area contributed by atoms with Crippen molar-refractivity contribution >= 4 is 11.6 Å². The Hall–Kier alpha value is -3.28. The quantitative estimate of drug-likeness (QED) is 0.803. The zero-order valence-electron chi connectivity index (χ0n) is 12.0. The molecule has 2 heterocycles. The summed E-state index contributed by atoms with van der Waals surface area (Å²) in [7, 11) is 0. The Kier molecular flexibility index (Phi) is 3.20. The average molecular weight is 308 g/mol. The molecule has 0 saturated carbocycles. The minimum Gasteiger partial charge on any atom is -0.454 e. The van der Waals surface area contributed by atoms with Crippen LogP contribution in [0.25, 0.3) is 11.3 Å². The molecule has 0 atom stereocenters. The van der Waals surface area contributed by atoms with Crippen LogP contribution in [-0.2, 0) is 0 Å². The SMILES string of the molecule is O=C(Nc1ccc2c(c1)OCO2)c1ocnc1-c1ccccc1. The van der Waals surface area contributed by atoms with Gasteiger partial charge in [-0.05, 0) is 12.1 Å². The van der Waals surface area contributed by atoms with Crippen LogP contribution in [-0.4, -0.2) is 17.7 Å². The van der Waals surface area contributed by atoms with E-state index in [0.29, 0.717) is 22.9 Å². The first-order chi connectivity index (χ1) is 11.3. The summed E-state index contributed by atoms with van der Waals surface area (Å²) in [4.78, 5) is 16.6. The van der Waals surface area contributed by atoms with Gasteiger partial charge in [0.05, 0.1) is 0 Å². The van der Waals surface area contributed by atoms with E-state index in [1.807, 2.05) is 30.3 Å². The maximum absolute atomic E-state index is 12.5. The van der Waals surface area contributed by atoms with E-state index in [2.05, 4.69) is 10.3 Å². The molecule has 1 N–H and O–H groups in total. The average Bonchev–Trinajstić information content (AvgIpc) is 3.24. The lowest BCUT2D eigenvalue weighted by Crippen LogP contribution is -2.12. The predicted octanol–water partition coefficient (Wildman–Crippen LogP) is 3.32. The Morgan fingerprint density at radius 2 is 1.87 bits per heavy atom. The van der Waals surface area contributed by atoms with Crippen LogP contribution in [0.3, 0.4) is 0 Å². The lowest BCUT2D eigenvalue weighted by Gasteiger charge is -2.05. The van der Waals surface area contributed by atoms with Crippen molar-refractivity contribution in [1.29, 1.82) is 0 Å². The summed E-state index contributed by atoms with van der Waals surface area (Å²) >= 11 is 0. The molecule has 1 aromatic heterocycles. The number of nitrogens with zero attached hydrogens (tertiary/aromatic N) is 1. The molecule has 1 amide bonds. The number of carbonyl (C=O) groups excluding carboxylic acids is 1. The summed E-state index contributed by atoms with van der Waals surface area (Å²) in [5.74, 6) is 1.05. The van der Waals surface area contributed by atoms with E-state index in [1.54, 1.807) is 18.2 Å². The molecule has 0 saturated heterocycles. The zero-order chi connectivity index (χ0) is 15.6. The number of carbonyl (C=O) groups is 1. The summed E-state index contributed by atoms with van der Waals surface area (Å²) in [6, 6.07) is 14.6. The lowest BCUT2D eigenvalue weighted by atomic mass is 10.1. The van der Waals surface area contributed by atoms with Crippen LogP contribution in [0.1, 0.15) is 10.6 Å². The van der Waals surface area contributed by atoms with Crippen molar-refractivity contribution in [3.05, 3.63) is 60.7 Å². The van der Waals surface area contributed by atoms with Gasteiger partial charge in [-0.2, -0.15) is 0 Å². The Balaban J connectivity index is 1.60. The first-order valence-electron chi connectivity index (χ1n) is 7.01. The van der Waals surface area contributed by atoms with Crippen molar-refractivity contribution < 1.29 is 18.7 Å². The third-order valence-electron chi connectivity index (χ3n) is 3.45. The number of rotatable bonds is 3. The molecule has 0 aliphatic carbocycles. The molecule has 0 radical (unpaired) electrons. The molecule has 4 rings (SSSR count). The van der Waals surface area contributed by atoms with Gasteiger partial charge >= 0.3 is 0 Å².